The molecule has 5 heteroatoms. The number of carbonyl (C=O) groups is 3. The van der Waals surface area contributed by atoms with Gasteiger partial charge < -0.3 is 5.32 Å². The van der Waals surface area contributed by atoms with Gasteiger partial charge in [-0.05, 0) is 53.7 Å². The van der Waals surface area contributed by atoms with Crippen molar-refractivity contribution in [3.8, 4) is 0 Å². The molecule has 33 heavy (non-hydrogen) atoms. The third-order valence-electron chi connectivity index (χ3n) is 8.24. The lowest BCUT2D eigenvalue weighted by molar-refractivity contribution is -0.146. The van der Waals surface area contributed by atoms with Crippen LogP contribution in [0.1, 0.15) is 24.5 Å². The maximum absolute atomic E-state index is 13.7. The third kappa shape index (κ3) is 3.17. The van der Waals surface area contributed by atoms with Gasteiger partial charge in [-0.3, -0.25) is 19.3 Å². The normalized spacial score (nSPS) is 31.8. The van der Waals surface area contributed by atoms with Gasteiger partial charge in [0.1, 0.15) is 6.04 Å². The van der Waals surface area contributed by atoms with Gasteiger partial charge in [0.25, 0.3) is 0 Å². The fourth-order valence-electron chi connectivity index (χ4n) is 6.59. The van der Waals surface area contributed by atoms with Gasteiger partial charge in [0.2, 0.25) is 17.7 Å². The van der Waals surface area contributed by atoms with Crippen molar-refractivity contribution in [3.05, 3.63) is 77.9 Å². The van der Waals surface area contributed by atoms with Crippen LogP contribution >= 0.6 is 0 Å². The molecule has 1 heterocycles. The van der Waals surface area contributed by atoms with E-state index in [4.69, 9.17) is 0 Å². The number of aryl methyl sites for hydroxylation is 1. The molecule has 1 N–H and O–H groups in total. The molecule has 7 atom stereocenters. The molecule has 7 rings (SSSR count). The summed E-state index contributed by atoms with van der Waals surface area (Å²) in [6, 6.07) is 16.5. The van der Waals surface area contributed by atoms with Crippen molar-refractivity contribution in [3.63, 3.8) is 0 Å². The molecule has 0 aromatic heterocycles. The second kappa shape index (κ2) is 7.68. The first-order chi connectivity index (χ1) is 16.1. The van der Waals surface area contributed by atoms with Crippen molar-refractivity contribution in [2.75, 3.05) is 5.32 Å². The van der Waals surface area contributed by atoms with Crippen molar-refractivity contribution >= 4 is 23.4 Å². The van der Waals surface area contributed by atoms with Crippen LogP contribution in [0.4, 0.5) is 5.69 Å². The topological polar surface area (TPSA) is 66.5 Å². The Morgan fingerprint density at radius 3 is 2.18 bits per heavy atom. The monoisotopic (exact) mass is 440 g/mol. The number of nitrogens with one attached hydrogen (secondary N) is 1. The molecule has 5 nitrogen and oxygen atoms in total. The van der Waals surface area contributed by atoms with E-state index in [0.717, 1.165) is 29.7 Å². The predicted molar refractivity (Wildman–Crippen MR) is 125 cm³/mol. The van der Waals surface area contributed by atoms with Crippen molar-refractivity contribution in [2.24, 2.45) is 35.5 Å². The second-order valence-corrected chi connectivity index (χ2v) is 9.91. The number of allylic oxidation sites excluding steroid dienone is 2. The lowest BCUT2D eigenvalue weighted by Crippen LogP contribution is -2.49. The van der Waals surface area contributed by atoms with Gasteiger partial charge in [-0.2, -0.15) is 0 Å². The minimum Gasteiger partial charge on any atom is -0.324 e. The average Bonchev–Trinajstić information content (AvgIpc) is 3.62. The number of para-hydroxylation sites is 1. The summed E-state index contributed by atoms with van der Waals surface area (Å²) in [4.78, 5) is 42.4. The van der Waals surface area contributed by atoms with E-state index in [0.29, 0.717) is 18.3 Å². The lowest BCUT2D eigenvalue weighted by atomic mass is 9.63. The first kappa shape index (κ1) is 20.4. The molecule has 0 radical (unpaired) electrons. The standard InChI is InChI=1S/C28H28N2O3/c1-2-17-10-6-7-11-22(17)29-26(31)23(14-16-8-4-3-5-9-16)30-27(32)24-18-12-13-19(21-15-20(18)21)25(24)28(30)33/h3-13,18-21,23-25H,2,14-15H2,1H3,(H,29,31)/t18-,19-,20-,21-,23+,24+,25+/m1/s1. The maximum atomic E-state index is 13.7. The number of likely N-dealkylation sites (tertiary alicyclic amines) is 1. The number of amides is 3. The summed E-state index contributed by atoms with van der Waals surface area (Å²) in [6.07, 6.45) is 6.55. The molecule has 2 bridgehead atoms. The van der Waals surface area contributed by atoms with E-state index in [1.807, 2.05) is 61.5 Å². The minimum absolute atomic E-state index is 0.146. The first-order valence-electron chi connectivity index (χ1n) is 12.1. The van der Waals surface area contributed by atoms with E-state index in [9.17, 15) is 14.4 Å². The zero-order valence-electron chi connectivity index (χ0n) is 18.7. The fraction of sp³-hybridized carbons (Fsp3) is 0.393. The summed E-state index contributed by atoms with van der Waals surface area (Å²) >= 11 is 0. The summed E-state index contributed by atoms with van der Waals surface area (Å²) in [6.45, 7) is 2.04. The average molecular weight is 441 g/mol. The van der Waals surface area contributed by atoms with Crippen LogP contribution in [-0.2, 0) is 27.2 Å². The van der Waals surface area contributed by atoms with Gasteiger partial charge in [-0.1, -0.05) is 67.6 Å². The zero-order valence-corrected chi connectivity index (χ0v) is 18.7. The van der Waals surface area contributed by atoms with Gasteiger partial charge in [-0.15, -0.1) is 0 Å². The Hall–Kier alpha value is -3.21. The van der Waals surface area contributed by atoms with Crippen molar-refractivity contribution in [1.29, 1.82) is 0 Å². The Bertz CT molecular complexity index is 1120. The number of benzene rings is 2. The summed E-state index contributed by atoms with van der Waals surface area (Å²) in [5.74, 6) is 0.150. The highest BCUT2D eigenvalue weighted by atomic mass is 16.2. The van der Waals surface area contributed by atoms with Crippen LogP contribution in [-0.4, -0.2) is 28.7 Å². The van der Waals surface area contributed by atoms with Gasteiger partial charge >= 0.3 is 0 Å². The molecule has 1 saturated heterocycles. The molecule has 3 fully saturated rings. The minimum atomic E-state index is -0.862. The quantitative estimate of drug-likeness (QED) is 0.548. The van der Waals surface area contributed by atoms with Crippen molar-refractivity contribution < 1.29 is 14.4 Å². The van der Waals surface area contributed by atoms with Crippen LogP contribution in [0.3, 0.4) is 0 Å². The summed E-state index contributed by atoms with van der Waals surface area (Å²) in [5.41, 5.74) is 2.70. The predicted octanol–water partition coefficient (Wildman–Crippen LogP) is 3.85. The SMILES string of the molecule is CCc1ccccc1NC(=O)[C@H](Cc1ccccc1)N1C(=O)[C@H]2[C@@H]3C=C[C@H]([C@H]4C[C@H]34)[C@@H]2C1=O. The fourth-order valence-corrected chi connectivity index (χ4v) is 6.59. The Morgan fingerprint density at radius 2 is 1.55 bits per heavy atom. The Morgan fingerprint density at radius 1 is 0.939 bits per heavy atom. The maximum Gasteiger partial charge on any atom is 0.248 e. The van der Waals surface area contributed by atoms with Crippen molar-refractivity contribution in [1.82, 2.24) is 4.90 Å². The molecule has 4 aliphatic carbocycles. The molecule has 0 unspecified atom stereocenters. The number of imide groups is 1. The smallest absolute Gasteiger partial charge is 0.248 e. The van der Waals surface area contributed by atoms with E-state index in [1.54, 1.807) is 0 Å². The second-order valence-electron chi connectivity index (χ2n) is 9.91. The number of rotatable bonds is 6. The highest BCUT2D eigenvalue weighted by molar-refractivity contribution is 6.10. The number of nitrogens with zero attached hydrogens (tertiary/aromatic N) is 1. The molecular weight excluding hydrogens is 412 g/mol. The van der Waals surface area contributed by atoms with Crippen LogP contribution in [0.2, 0.25) is 0 Å². The first-order valence-corrected chi connectivity index (χ1v) is 12.1. The van der Waals surface area contributed by atoms with Gasteiger partial charge in [0.15, 0.2) is 0 Å². The molecule has 168 valence electrons. The number of hydrogen-bond acceptors (Lipinski definition) is 3. The van der Waals surface area contributed by atoms with Crippen LogP contribution in [0.25, 0.3) is 0 Å². The molecule has 5 aliphatic rings. The van der Waals surface area contributed by atoms with Crippen molar-refractivity contribution in [2.45, 2.75) is 32.2 Å². The number of anilines is 1. The molecule has 3 amide bonds. The third-order valence-corrected chi connectivity index (χ3v) is 8.24. The van der Waals surface area contributed by atoms with E-state index >= 15 is 0 Å². The van der Waals surface area contributed by atoms with E-state index in [2.05, 4.69) is 17.5 Å². The molecule has 0 spiro atoms. The molecule has 1 aliphatic heterocycles. The Kier molecular flexibility index (Phi) is 4.75. The molecule has 2 aromatic rings. The summed E-state index contributed by atoms with van der Waals surface area (Å²) in [7, 11) is 0. The van der Waals surface area contributed by atoms with Crippen LogP contribution in [0.5, 0.6) is 0 Å². The van der Waals surface area contributed by atoms with Gasteiger partial charge in [0, 0.05) is 12.1 Å². The zero-order chi connectivity index (χ0) is 22.7. The summed E-state index contributed by atoms with van der Waals surface area (Å²) < 4.78 is 0. The largest absolute Gasteiger partial charge is 0.324 e. The molecule has 2 aromatic carbocycles. The van der Waals surface area contributed by atoms with Crippen LogP contribution < -0.4 is 5.32 Å². The lowest BCUT2D eigenvalue weighted by Gasteiger charge is -2.37. The van der Waals surface area contributed by atoms with Crippen LogP contribution in [0.15, 0.2) is 66.7 Å². The highest BCUT2D eigenvalue weighted by Crippen LogP contribution is 2.65. The number of carbonyl (C=O) groups excluding carboxylic acids is 3. The van der Waals surface area contributed by atoms with E-state index < -0.39 is 6.04 Å². The van der Waals surface area contributed by atoms with E-state index in [-0.39, 0.29) is 41.4 Å². The highest BCUT2D eigenvalue weighted by Gasteiger charge is 2.67. The van der Waals surface area contributed by atoms with Gasteiger partial charge in [0.05, 0.1) is 11.8 Å². The molecular formula is C28H28N2O3. The van der Waals surface area contributed by atoms with Gasteiger partial charge in [-0.25, -0.2) is 0 Å². The summed E-state index contributed by atoms with van der Waals surface area (Å²) in [5, 5.41) is 3.04. The number of hydrogen-bond donors (Lipinski definition) is 1. The molecule has 2 saturated carbocycles. The Labute approximate surface area is 193 Å². The van der Waals surface area contributed by atoms with Crippen LogP contribution in [0, 0.1) is 35.5 Å². The Balaban J connectivity index is 1.34. The van der Waals surface area contributed by atoms with E-state index in [1.165, 1.54) is 4.90 Å².